The van der Waals surface area contributed by atoms with Crippen molar-refractivity contribution in [1.82, 2.24) is 0 Å². The van der Waals surface area contributed by atoms with Crippen LogP contribution in [0.4, 0.5) is 0 Å². The second kappa shape index (κ2) is 9.89. The van der Waals surface area contributed by atoms with Crippen molar-refractivity contribution >= 4 is 0 Å². The molecule has 1 aliphatic carbocycles. The summed E-state index contributed by atoms with van der Waals surface area (Å²) in [5.74, 6) is 15.1. The number of benzene rings is 2. The van der Waals surface area contributed by atoms with Crippen LogP contribution in [0.2, 0.25) is 0 Å². The first-order chi connectivity index (χ1) is 13.3. The lowest BCUT2D eigenvalue weighted by Crippen LogP contribution is -2.13. The van der Waals surface area contributed by atoms with Gasteiger partial charge >= 0.3 is 0 Å². The van der Waals surface area contributed by atoms with E-state index in [4.69, 9.17) is 4.74 Å². The molecule has 0 saturated heterocycles. The molecule has 1 nitrogen and oxygen atoms in total. The summed E-state index contributed by atoms with van der Waals surface area (Å²) in [7, 11) is 1.68. The molecular formula is C26H28O. The van der Waals surface area contributed by atoms with Crippen LogP contribution in [-0.2, 0) is 0 Å². The Bertz CT molecular complexity index is 830. The Morgan fingerprint density at radius 1 is 0.852 bits per heavy atom. The second-order valence-corrected chi connectivity index (χ2v) is 7.28. The van der Waals surface area contributed by atoms with Crippen molar-refractivity contribution in [1.29, 1.82) is 0 Å². The van der Waals surface area contributed by atoms with Crippen molar-refractivity contribution in [2.75, 3.05) is 7.11 Å². The van der Waals surface area contributed by atoms with Gasteiger partial charge in [-0.3, -0.25) is 0 Å². The fourth-order valence-electron chi connectivity index (χ4n) is 3.84. The summed E-state index contributed by atoms with van der Waals surface area (Å²) >= 11 is 0. The highest BCUT2D eigenvalue weighted by Crippen LogP contribution is 2.37. The van der Waals surface area contributed by atoms with Gasteiger partial charge in [0.05, 0.1) is 7.11 Å². The van der Waals surface area contributed by atoms with Gasteiger partial charge in [0.25, 0.3) is 0 Å². The molecule has 0 heterocycles. The van der Waals surface area contributed by atoms with E-state index in [0.717, 1.165) is 29.2 Å². The lowest BCUT2D eigenvalue weighted by molar-refractivity contribution is 0.313. The Balaban J connectivity index is 1.54. The van der Waals surface area contributed by atoms with Crippen LogP contribution in [-0.4, -0.2) is 7.11 Å². The summed E-state index contributed by atoms with van der Waals surface area (Å²) < 4.78 is 5.18. The first-order valence-corrected chi connectivity index (χ1v) is 9.94. The molecule has 1 aliphatic rings. The lowest BCUT2D eigenvalue weighted by Gasteiger charge is -2.28. The summed E-state index contributed by atoms with van der Waals surface area (Å²) in [4.78, 5) is 0. The molecule has 0 bridgehead atoms. The molecule has 0 radical (unpaired) electrons. The van der Waals surface area contributed by atoms with Gasteiger partial charge in [-0.25, -0.2) is 0 Å². The minimum Gasteiger partial charge on any atom is -0.497 e. The summed E-state index contributed by atoms with van der Waals surface area (Å²) in [5, 5.41) is 0. The lowest BCUT2D eigenvalue weighted by atomic mass is 9.77. The molecule has 0 unspecified atom stereocenters. The van der Waals surface area contributed by atoms with Crippen molar-refractivity contribution in [3.63, 3.8) is 0 Å². The average molecular weight is 357 g/mol. The molecule has 27 heavy (non-hydrogen) atoms. The van der Waals surface area contributed by atoms with Crippen molar-refractivity contribution < 1.29 is 4.74 Å². The van der Waals surface area contributed by atoms with Gasteiger partial charge in [0.2, 0.25) is 0 Å². The maximum absolute atomic E-state index is 5.18. The molecule has 138 valence electrons. The standard InChI is InChI=1S/C26H28O/c1-3-4-5-6-21-9-15-24(16-10-21)25-17-11-22(12-18-25)7-8-23-13-19-26(27-2)20-14-23/h11-14,17-21,24H,5-6,9-10,15-16H2,1-2H3. The summed E-state index contributed by atoms with van der Waals surface area (Å²) in [6.45, 7) is 1.93. The zero-order valence-corrected chi connectivity index (χ0v) is 16.4. The molecule has 2 aromatic rings. The molecule has 0 N–H and O–H groups in total. The van der Waals surface area contributed by atoms with Crippen molar-refractivity contribution in [2.24, 2.45) is 5.92 Å². The molecule has 2 aromatic carbocycles. The zero-order chi connectivity index (χ0) is 18.9. The predicted octanol–water partition coefficient (Wildman–Crippen LogP) is 6.17. The van der Waals surface area contributed by atoms with E-state index in [0.29, 0.717) is 5.92 Å². The van der Waals surface area contributed by atoms with Crippen LogP contribution in [0, 0.1) is 29.6 Å². The predicted molar refractivity (Wildman–Crippen MR) is 113 cm³/mol. The minimum atomic E-state index is 0.710. The van der Waals surface area contributed by atoms with Gasteiger partial charge in [0.15, 0.2) is 0 Å². The molecule has 0 atom stereocenters. The van der Waals surface area contributed by atoms with Crippen molar-refractivity contribution in [3.8, 4) is 29.4 Å². The van der Waals surface area contributed by atoms with Gasteiger partial charge < -0.3 is 4.74 Å². The normalized spacial score (nSPS) is 18.6. The van der Waals surface area contributed by atoms with Gasteiger partial charge in [-0.15, -0.1) is 11.8 Å². The number of hydrogen-bond acceptors (Lipinski definition) is 1. The van der Waals surface area contributed by atoms with E-state index in [-0.39, 0.29) is 0 Å². The van der Waals surface area contributed by atoms with Crippen LogP contribution in [0.1, 0.15) is 68.1 Å². The Hall–Kier alpha value is -2.64. The number of hydrogen-bond donors (Lipinski definition) is 0. The summed E-state index contributed by atoms with van der Waals surface area (Å²) in [6.07, 6.45) is 7.63. The van der Waals surface area contributed by atoms with Crippen LogP contribution in [0.5, 0.6) is 5.75 Å². The molecule has 1 saturated carbocycles. The molecule has 1 fully saturated rings. The number of methoxy groups -OCH3 is 1. The third-order valence-electron chi connectivity index (χ3n) is 5.52. The highest BCUT2D eigenvalue weighted by atomic mass is 16.5. The maximum atomic E-state index is 5.18. The molecule has 0 spiro atoms. The molecule has 0 aliphatic heterocycles. The van der Waals surface area contributed by atoms with Crippen LogP contribution in [0.3, 0.4) is 0 Å². The molecular weight excluding hydrogens is 328 g/mol. The smallest absolute Gasteiger partial charge is 0.118 e. The molecule has 0 aromatic heterocycles. The Labute approximate surface area is 164 Å². The van der Waals surface area contributed by atoms with Crippen LogP contribution in [0.15, 0.2) is 48.5 Å². The molecule has 1 heteroatoms. The third-order valence-corrected chi connectivity index (χ3v) is 5.52. The quantitative estimate of drug-likeness (QED) is 0.595. The van der Waals surface area contributed by atoms with Crippen molar-refractivity contribution in [3.05, 3.63) is 65.2 Å². The zero-order valence-electron chi connectivity index (χ0n) is 16.4. The Kier molecular flexibility index (Phi) is 7.01. The Morgan fingerprint density at radius 3 is 2.00 bits per heavy atom. The van der Waals surface area contributed by atoms with E-state index >= 15 is 0 Å². The van der Waals surface area contributed by atoms with E-state index in [1.165, 1.54) is 37.7 Å². The highest BCUT2D eigenvalue weighted by molar-refractivity contribution is 5.45. The maximum Gasteiger partial charge on any atom is 0.118 e. The van der Waals surface area contributed by atoms with Crippen molar-refractivity contribution in [2.45, 2.75) is 51.4 Å². The second-order valence-electron chi connectivity index (χ2n) is 7.28. The molecule has 3 rings (SSSR count). The van der Waals surface area contributed by atoms with E-state index in [2.05, 4.69) is 47.9 Å². The highest BCUT2D eigenvalue weighted by Gasteiger charge is 2.21. The van der Waals surface area contributed by atoms with Crippen LogP contribution in [0.25, 0.3) is 0 Å². The average Bonchev–Trinajstić information content (AvgIpc) is 2.74. The van der Waals surface area contributed by atoms with E-state index < -0.39 is 0 Å². The molecule has 0 amide bonds. The fourth-order valence-corrected chi connectivity index (χ4v) is 3.84. The number of rotatable bonds is 4. The van der Waals surface area contributed by atoms with Crippen LogP contribution >= 0.6 is 0 Å². The first kappa shape index (κ1) is 19.1. The fraction of sp³-hybridized carbons (Fsp3) is 0.385. The monoisotopic (exact) mass is 356 g/mol. The topological polar surface area (TPSA) is 9.23 Å². The Morgan fingerprint density at radius 2 is 1.44 bits per heavy atom. The van der Waals surface area contributed by atoms with Gasteiger partial charge in [-0.2, -0.15) is 0 Å². The van der Waals surface area contributed by atoms with Gasteiger partial charge in [0, 0.05) is 17.5 Å². The largest absolute Gasteiger partial charge is 0.497 e. The SMILES string of the molecule is CC#CCCC1CCC(c2ccc(C#Cc3ccc(OC)cc3)cc2)CC1. The third kappa shape index (κ3) is 5.67. The number of ether oxygens (including phenoxy) is 1. The summed E-state index contributed by atoms with van der Waals surface area (Å²) in [5.41, 5.74) is 3.55. The first-order valence-electron chi connectivity index (χ1n) is 9.94. The minimum absolute atomic E-state index is 0.710. The van der Waals surface area contributed by atoms with Gasteiger partial charge in [-0.05, 0) is 92.8 Å². The van der Waals surface area contributed by atoms with Crippen LogP contribution < -0.4 is 4.74 Å². The van der Waals surface area contributed by atoms with E-state index in [1.807, 2.05) is 31.2 Å². The van der Waals surface area contributed by atoms with Gasteiger partial charge in [0.1, 0.15) is 5.75 Å². The summed E-state index contributed by atoms with van der Waals surface area (Å²) in [6, 6.07) is 16.7. The van der Waals surface area contributed by atoms with E-state index in [9.17, 15) is 0 Å². The van der Waals surface area contributed by atoms with E-state index in [1.54, 1.807) is 7.11 Å². The van der Waals surface area contributed by atoms with Gasteiger partial charge in [-0.1, -0.05) is 24.0 Å².